The van der Waals surface area contributed by atoms with E-state index in [1.807, 2.05) is 0 Å². The van der Waals surface area contributed by atoms with Crippen molar-refractivity contribution < 1.29 is 17.9 Å². The summed E-state index contributed by atoms with van der Waals surface area (Å²) in [5, 5.41) is 3.51. The molecule has 0 saturated heterocycles. The highest BCUT2D eigenvalue weighted by atomic mass is 19.4. The molecule has 0 aromatic heterocycles. The van der Waals surface area contributed by atoms with E-state index in [-0.39, 0.29) is 11.5 Å². The van der Waals surface area contributed by atoms with Crippen LogP contribution in [-0.4, -0.2) is 13.2 Å². The fraction of sp³-hybridized carbons (Fsp3) is 0.538. The Morgan fingerprint density at radius 1 is 1.03 bits per heavy atom. The molecule has 1 N–H and O–H groups in total. The number of nitrogens with one attached hydrogen (secondary N) is 1. The molecule has 5 rings (SSSR count). The number of methoxy groups -OCH3 is 1. The molecule has 166 valence electrons. The molecule has 0 spiro atoms. The second kappa shape index (κ2) is 7.46. The van der Waals surface area contributed by atoms with Crippen molar-refractivity contribution in [2.45, 2.75) is 63.6 Å². The van der Waals surface area contributed by atoms with Gasteiger partial charge in [-0.15, -0.1) is 0 Å². The second-order valence-corrected chi connectivity index (χ2v) is 9.88. The number of hydrogen-bond acceptors (Lipinski definition) is 2. The van der Waals surface area contributed by atoms with Crippen LogP contribution in [-0.2, 0) is 12.6 Å². The summed E-state index contributed by atoms with van der Waals surface area (Å²) in [5.41, 5.74) is 3.05. The Balaban J connectivity index is 1.37. The van der Waals surface area contributed by atoms with Gasteiger partial charge in [-0.2, -0.15) is 13.2 Å². The Bertz CT molecular complexity index is 971. The van der Waals surface area contributed by atoms with Gasteiger partial charge in [0.25, 0.3) is 0 Å². The molecule has 5 heteroatoms. The highest BCUT2D eigenvalue weighted by Gasteiger charge is 2.54. The summed E-state index contributed by atoms with van der Waals surface area (Å²) in [7, 11) is 1.72. The monoisotopic (exact) mass is 429 g/mol. The van der Waals surface area contributed by atoms with Crippen LogP contribution in [0.3, 0.4) is 0 Å². The third-order valence-electron chi connectivity index (χ3n) is 8.46. The van der Waals surface area contributed by atoms with Gasteiger partial charge in [0.05, 0.1) is 12.7 Å². The van der Waals surface area contributed by atoms with Gasteiger partial charge >= 0.3 is 6.18 Å². The van der Waals surface area contributed by atoms with Gasteiger partial charge in [-0.1, -0.05) is 19.1 Å². The minimum atomic E-state index is -4.31. The number of ether oxygens (including phenoxy) is 1. The maximum Gasteiger partial charge on any atom is 0.416 e. The van der Waals surface area contributed by atoms with E-state index in [0.717, 1.165) is 43.9 Å². The standard InChI is InChI=1S/C26H30F3NO/c1-25-13-12-21-20-9-7-19(31-2)14-16(20)6-8-22(21)23(25)10-11-24(25)30-18-5-3-4-17(15-18)26(27,28)29/h3-5,7,9,14-15,21-24,30H,6,8,10-13H2,1-2H3/t21-,22-,23+,24+,25+/m1/s1. The lowest BCUT2D eigenvalue weighted by molar-refractivity contribution is -0.137. The molecular formula is C26H30F3NO. The topological polar surface area (TPSA) is 21.3 Å². The predicted molar refractivity (Wildman–Crippen MR) is 116 cm³/mol. The molecule has 0 aliphatic heterocycles. The van der Waals surface area contributed by atoms with E-state index in [4.69, 9.17) is 4.74 Å². The zero-order valence-corrected chi connectivity index (χ0v) is 18.1. The number of rotatable bonds is 3. The van der Waals surface area contributed by atoms with Crippen molar-refractivity contribution in [3.8, 4) is 5.75 Å². The minimum Gasteiger partial charge on any atom is -0.497 e. The average molecular weight is 430 g/mol. The summed E-state index contributed by atoms with van der Waals surface area (Å²) in [6.45, 7) is 2.37. The van der Waals surface area contributed by atoms with Crippen LogP contribution in [0.2, 0.25) is 0 Å². The summed E-state index contributed by atoms with van der Waals surface area (Å²) in [5.74, 6) is 2.81. The fourth-order valence-electron chi connectivity index (χ4n) is 6.91. The molecule has 0 radical (unpaired) electrons. The zero-order chi connectivity index (χ0) is 21.8. The summed E-state index contributed by atoms with van der Waals surface area (Å²) >= 11 is 0. The van der Waals surface area contributed by atoms with Crippen molar-refractivity contribution in [3.63, 3.8) is 0 Å². The van der Waals surface area contributed by atoms with Gasteiger partial charge in [0.1, 0.15) is 5.75 Å². The molecule has 0 heterocycles. The van der Waals surface area contributed by atoms with Gasteiger partial charge in [-0.05, 0) is 103 Å². The highest BCUT2D eigenvalue weighted by Crippen LogP contribution is 2.61. The molecule has 3 aliphatic rings. The van der Waals surface area contributed by atoms with Gasteiger partial charge in [0.15, 0.2) is 0 Å². The van der Waals surface area contributed by atoms with Gasteiger partial charge in [-0.25, -0.2) is 0 Å². The van der Waals surface area contributed by atoms with Crippen LogP contribution in [0.1, 0.15) is 61.6 Å². The first-order valence-corrected chi connectivity index (χ1v) is 11.4. The van der Waals surface area contributed by atoms with Gasteiger partial charge in [-0.3, -0.25) is 0 Å². The number of anilines is 1. The third-order valence-corrected chi connectivity index (χ3v) is 8.46. The highest BCUT2D eigenvalue weighted by molar-refractivity contribution is 5.48. The molecule has 5 atom stereocenters. The summed E-state index contributed by atoms with van der Waals surface area (Å²) in [6, 6.07) is 12.4. The number of halogens is 3. The average Bonchev–Trinajstić information content (AvgIpc) is 3.09. The maximum absolute atomic E-state index is 13.1. The van der Waals surface area contributed by atoms with Crippen LogP contribution < -0.4 is 10.1 Å². The molecule has 0 bridgehead atoms. The van der Waals surface area contributed by atoms with Crippen LogP contribution in [0.5, 0.6) is 5.75 Å². The molecule has 31 heavy (non-hydrogen) atoms. The molecule has 0 amide bonds. The molecule has 2 aromatic rings. The van der Waals surface area contributed by atoms with E-state index in [0.29, 0.717) is 23.4 Å². The Morgan fingerprint density at radius 2 is 1.87 bits per heavy atom. The van der Waals surface area contributed by atoms with Crippen LogP contribution in [0.25, 0.3) is 0 Å². The number of fused-ring (bicyclic) bond motifs is 5. The van der Waals surface area contributed by atoms with Gasteiger partial charge in [0, 0.05) is 11.7 Å². The van der Waals surface area contributed by atoms with Crippen LogP contribution in [0.15, 0.2) is 42.5 Å². The van der Waals surface area contributed by atoms with E-state index in [2.05, 4.69) is 30.4 Å². The van der Waals surface area contributed by atoms with Crippen LogP contribution in [0, 0.1) is 17.3 Å². The molecule has 3 aliphatic carbocycles. The van der Waals surface area contributed by atoms with Crippen LogP contribution in [0.4, 0.5) is 18.9 Å². The van der Waals surface area contributed by atoms with Crippen molar-refractivity contribution >= 4 is 5.69 Å². The summed E-state index contributed by atoms with van der Waals surface area (Å²) < 4.78 is 44.9. The van der Waals surface area contributed by atoms with Gasteiger partial charge in [0.2, 0.25) is 0 Å². The second-order valence-electron chi connectivity index (χ2n) is 9.88. The summed E-state index contributed by atoms with van der Waals surface area (Å²) in [4.78, 5) is 0. The molecule has 2 fully saturated rings. The molecular weight excluding hydrogens is 399 g/mol. The summed E-state index contributed by atoms with van der Waals surface area (Å²) in [6.07, 6.45) is 2.41. The first kappa shape index (κ1) is 20.7. The van der Waals surface area contributed by atoms with Gasteiger partial charge < -0.3 is 10.1 Å². The van der Waals surface area contributed by atoms with E-state index < -0.39 is 11.7 Å². The minimum absolute atomic E-state index is 0.124. The van der Waals surface area contributed by atoms with Crippen LogP contribution >= 0.6 is 0 Å². The van der Waals surface area contributed by atoms with Crippen molar-refractivity contribution in [1.29, 1.82) is 0 Å². The van der Waals surface area contributed by atoms with Crippen molar-refractivity contribution in [2.75, 3.05) is 12.4 Å². The lowest BCUT2D eigenvalue weighted by Gasteiger charge is -2.51. The molecule has 2 saturated carbocycles. The Morgan fingerprint density at radius 3 is 2.65 bits per heavy atom. The smallest absolute Gasteiger partial charge is 0.416 e. The predicted octanol–water partition coefficient (Wildman–Crippen LogP) is 7.05. The largest absolute Gasteiger partial charge is 0.497 e. The van der Waals surface area contributed by atoms with Crippen molar-refractivity contribution in [2.24, 2.45) is 17.3 Å². The lowest BCUT2D eigenvalue weighted by Crippen LogP contribution is -2.46. The maximum atomic E-state index is 13.1. The number of hydrogen-bond donors (Lipinski definition) is 1. The third kappa shape index (κ3) is 3.50. The Labute approximate surface area is 182 Å². The number of alkyl halides is 3. The number of aryl methyl sites for hydroxylation is 1. The molecule has 0 unspecified atom stereocenters. The van der Waals surface area contributed by atoms with E-state index in [1.54, 1.807) is 13.2 Å². The first-order chi connectivity index (χ1) is 14.8. The van der Waals surface area contributed by atoms with Crippen molar-refractivity contribution in [1.82, 2.24) is 0 Å². The zero-order valence-electron chi connectivity index (χ0n) is 18.1. The first-order valence-electron chi connectivity index (χ1n) is 11.4. The van der Waals surface area contributed by atoms with E-state index >= 15 is 0 Å². The molecule has 2 aromatic carbocycles. The Hall–Kier alpha value is -2.17. The van der Waals surface area contributed by atoms with Crippen molar-refractivity contribution in [3.05, 3.63) is 59.2 Å². The SMILES string of the molecule is COc1ccc2c(c1)CC[C@@H]1[C@@H]2CC[C@]2(C)[C@@H](Nc3cccc(C(F)(F)F)c3)CC[C@@H]12. The van der Waals surface area contributed by atoms with E-state index in [1.165, 1.54) is 29.7 Å². The quantitative estimate of drug-likeness (QED) is 0.564. The normalized spacial score (nSPS) is 32.0. The van der Waals surface area contributed by atoms with E-state index in [9.17, 15) is 13.2 Å². The molecule has 2 nitrogen and oxygen atoms in total. The lowest BCUT2D eigenvalue weighted by atomic mass is 9.55. The Kier molecular flexibility index (Phi) is 4.98. The fourth-order valence-corrected chi connectivity index (χ4v) is 6.91. The number of benzene rings is 2.